The molecule has 62 heavy (non-hydrogen) atoms. The van der Waals surface area contributed by atoms with E-state index in [4.69, 9.17) is 0 Å². The third-order valence-corrected chi connectivity index (χ3v) is 12.9. The summed E-state index contributed by atoms with van der Waals surface area (Å²) in [6, 6.07) is 86.7. The zero-order valence-electron chi connectivity index (χ0n) is 35.0. The van der Waals surface area contributed by atoms with Gasteiger partial charge in [-0.1, -0.05) is 232 Å². The van der Waals surface area contributed by atoms with E-state index in [0.29, 0.717) is 0 Å². The molecule has 10 aromatic carbocycles. The molecule has 11 rings (SSSR count). The van der Waals surface area contributed by atoms with E-state index in [1.54, 1.807) is 0 Å². The Kier molecular flexibility index (Phi) is 9.24. The highest BCUT2D eigenvalue weighted by Crippen LogP contribution is 2.56. The first-order chi connectivity index (χ1) is 30.6. The Morgan fingerprint density at radius 2 is 0.661 bits per heavy atom. The minimum atomic E-state index is -0.166. The second-order valence-corrected chi connectivity index (χ2v) is 16.8. The van der Waals surface area contributed by atoms with E-state index in [0.717, 1.165) is 22.6 Å². The normalized spacial score (nSPS) is 12.5. The van der Waals surface area contributed by atoms with Gasteiger partial charge in [-0.15, -0.1) is 0 Å². The third kappa shape index (κ3) is 6.16. The Bertz CT molecular complexity index is 3260. The molecule has 0 atom stereocenters. The van der Waals surface area contributed by atoms with E-state index in [9.17, 15) is 0 Å². The molecular weight excluding hydrogens is 747 g/mol. The maximum atomic E-state index is 2.56. The van der Waals surface area contributed by atoms with Crippen molar-refractivity contribution in [1.82, 2.24) is 0 Å². The standard InChI is InChI=1S/C61H45N/c1-61(2)54-37-16-13-34-53(54)60-55(61)38-21-41-58(60)62(57-40-18-15-33-51(57)52-36-20-27-44-26-19-35-46(59(44)52)43-24-7-4-8-25-43)56-39-17-14-32-50(56)49-31-12-11-30-48(49)47-29-10-9-28-45(47)42-22-5-3-6-23-42/h3-41H,1-2H3. The molecule has 0 bridgehead atoms. The summed E-state index contributed by atoms with van der Waals surface area (Å²) in [5.41, 5.74) is 20.4. The lowest BCUT2D eigenvalue weighted by atomic mass is 9.82. The number of nitrogens with zero attached hydrogens (tertiary/aromatic N) is 1. The van der Waals surface area contributed by atoms with Gasteiger partial charge in [-0.3, -0.25) is 0 Å². The molecule has 1 aliphatic rings. The summed E-state index contributed by atoms with van der Waals surface area (Å²) in [4.78, 5) is 2.56. The van der Waals surface area contributed by atoms with Crippen molar-refractivity contribution < 1.29 is 0 Å². The van der Waals surface area contributed by atoms with Crippen LogP contribution in [-0.2, 0) is 5.41 Å². The van der Waals surface area contributed by atoms with E-state index in [-0.39, 0.29) is 5.41 Å². The Labute approximate surface area is 364 Å². The fourth-order valence-electron chi connectivity index (χ4n) is 10.1. The molecular formula is C61H45N. The molecule has 10 aromatic rings. The van der Waals surface area contributed by atoms with E-state index >= 15 is 0 Å². The van der Waals surface area contributed by atoms with Crippen LogP contribution in [-0.4, -0.2) is 0 Å². The number of hydrogen-bond acceptors (Lipinski definition) is 1. The summed E-state index contributed by atoms with van der Waals surface area (Å²) in [7, 11) is 0. The van der Waals surface area contributed by atoms with Crippen LogP contribution in [0.4, 0.5) is 17.1 Å². The van der Waals surface area contributed by atoms with Crippen LogP contribution in [0.5, 0.6) is 0 Å². The smallest absolute Gasteiger partial charge is 0.0543 e. The molecule has 0 amide bonds. The summed E-state index contributed by atoms with van der Waals surface area (Å²) in [5, 5.41) is 2.46. The van der Waals surface area contributed by atoms with Crippen molar-refractivity contribution in [3.63, 3.8) is 0 Å². The monoisotopic (exact) mass is 791 g/mol. The zero-order valence-corrected chi connectivity index (χ0v) is 35.0. The van der Waals surface area contributed by atoms with Crippen LogP contribution >= 0.6 is 0 Å². The summed E-state index contributed by atoms with van der Waals surface area (Å²) in [6.45, 7) is 4.74. The van der Waals surface area contributed by atoms with Crippen LogP contribution in [0.3, 0.4) is 0 Å². The van der Waals surface area contributed by atoms with Gasteiger partial charge >= 0.3 is 0 Å². The highest BCUT2D eigenvalue weighted by molar-refractivity contribution is 6.10. The minimum absolute atomic E-state index is 0.166. The van der Waals surface area contributed by atoms with Crippen molar-refractivity contribution >= 4 is 27.8 Å². The average molecular weight is 792 g/mol. The number of fused-ring (bicyclic) bond motifs is 4. The molecule has 0 fully saturated rings. The maximum absolute atomic E-state index is 2.56. The van der Waals surface area contributed by atoms with Crippen LogP contribution in [0.15, 0.2) is 237 Å². The number of benzene rings is 10. The molecule has 0 aliphatic heterocycles. The highest BCUT2D eigenvalue weighted by atomic mass is 15.2. The predicted molar refractivity (Wildman–Crippen MR) is 263 cm³/mol. The lowest BCUT2D eigenvalue weighted by Crippen LogP contribution is -2.16. The minimum Gasteiger partial charge on any atom is -0.309 e. The summed E-state index contributed by atoms with van der Waals surface area (Å²) in [5.74, 6) is 0. The van der Waals surface area contributed by atoms with Gasteiger partial charge in [0.05, 0.1) is 17.1 Å². The van der Waals surface area contributed by atoms with Crippen LogP contribution in [0.2, 0.25) is 0 Å². The number of anilines is 3. The van der Waals surface area contributed by atoms with Gasteiger partial charge in [-0.2, -0.15) is 0 Å². The van der Waals surface area contributed by atoms with Crippen LogP contribution in [0.1, 0.15) is 25.0 Å². The van der Waals surface area contributed by atoms with E-state index in [1.807, 2.05) is 0 Å². The first-order valence-electron chi connectivity index (χ1n) is 21.6. The number of hydrogen-bond donors (Lipinski definition) is 0. The van der Waals surface area contributed by atoms with E-state index in [1.165, 1.54) is 83.1 Å². The molecule has 1 aliphatic carbocycles. The first kappa shape index (κ1) is 37.3. The lowest BCUT2D eigenvalue weighted by molar-refractivity contribution is 0.660. The van der Waals surface area contributed by atoms with Gasteiger partial charge in [-0.25, -0.2) is 0 Å². The molecule has 1 heteroatoms. The van der Waals surface area contributed by atoms with E-state index in [2.05, 4.69) is 255 Å². The van der Waals surface area contributed by atoms with Gasteiger partial charge in [0, 0.05) is 22.1 Å². The molecule has 0 aromatic heterocycles. The molecule has 0 N–H and O–H groups in total. The zero-order chi connectivity index (χ0) is 41.6. The SMILES string of the molecule is CC1(C)c2ccccc2-c2c(N(c3ccccc3-c3ccccc3-c3ccccc3-c3ccccc3)c3ccccc3-c3cccc4cccc(-c5ccccc5)c34)cccc21. The van der Waals surface area contributed by atoms with Gasteiger partial charge in [0.2, 0.25) is 0 Å². The van der Waals surface area contributed by atoms with Crippen molar-refractivity contribution in [3.05, 3.63) is 248 Å². The lowest BCUT2D eigenvalue weighted by Gasteiger charge is -2.32. The van der Waals surface area contributed by atoms with Crippen molar-refractivity contribution in [1.29, 1.82) is 0 Å². The quantitative estimate of drug-likeness (QED) is 0.148. The number of rotatable bonds is 8. The molecule has 1 nitrogen and oxygen atoms in total. The van der Waals surface area contributed by atoms with Crippen molar-refractivity contribution in [2.24, 2.45) is 0 Å². The second-order valence-electron chi connectivity index (χ2n) is 16.8. The van der Waals surface area contributed by atoms with Crippen LogP contribution in [0, 0.1) is 0 Å². The fraction of sp³-hybridized carbons (Fsp3) is 0.0492. The Hall–Kier alpha value is -7.74. The topological polar surface area (TPSA) is 3.24 Å². The molecule has 0 spiro atoms. The van der Waals surface area contributed by atoms with Crippen molar-refractivity contribution in [3.8, 4) is 66.8 Å². The summed E-state index contributed by atoms with van der Waals surface area (Å²) >= 11 is 0. The second kappa shape index (κ2) is 15.4. The van der Waals surface area contributed by atoms with Crippen molar-refractivity contribution in [2.45, 2.75) is 19.3 Å². The van der Waals surface area contributed by atoms with Crippen molar-refractivity contribution in [2.75, 3.05) is 4.90 Å². The van der Waals surface area contributed by atoms with Crippen LogP contribution in [0.25, 0.3) is 77.5 Å². The predicted octanol–water partition coefficient (Wildman–Crippen LogP) is 17.0. The molecule has 0 radical (unpaired) electrons. The Balaban J connectivity index is 1.21. The summed E-state index contributed by atoms with van der Waals surface area (Å²) < 4.78 is 0. The van der Waals surface area contributed by atoms with Gasteiger partial charge in [0.15, 0.2) is 0 Å². The summed E-state index contributed by atoms with van der Waals surface area (Å²) in [6.07, 6.45) is 0. The Morgan fingerprint density at radius 1 is 0.274 bits per heavy atom. The average Bonchev–Trinajstić information content (AvgIpc) is 3.58. The third-order valence-electron chi connectivity index (χ3n) is 12.9. The largest absolute Gasteiger partial charge is 0.309 e. The van der Waals surface area contributed by atoms with Gasteiger partial charge in [0.1, 0.15) is 0 Å². The molecule has 0 unspecified atom stereocenters. The van der Waals surface area contributed by atoms with Gasteiger partial charge in [-0.05, 0) is 90.2 Å². The van der Waals surface area contributed by atoms with Crippen LogP contribution < -0.4 is 4.90 Å². The molecule has 294 valence electrons. The first-order valence-corrected chi connectivity index (χ1v) is 21.6. The maximum Gasteiger partial charge on any atom is 0.0543 e. The fourth-order valence-corrected chi connectivity index (χ4v) is 10.1. The highest BCUT2D eigenvalue weighted by Gasteiger charge is 2.38. The van der Waals surface area contributed by atoms with E-state index < -0.39 is 0 Å². The number of para-hydroxylation sites is 2. The molecule has 0 saturated carbocycles. The molecule has 0 heterocycles. The Morgan fingerprint density at radius 3 is 1.29 bits per heavy atom. The van der Waals surface area contributed by atoms with Gasteiger partial charge in [0.25, 0.3) is 0 Å². The molecule has 0 saturated heterocycles. The van der Waals surface area contributed by atoms with Gasteiger partial charge < -0.3 is 4.90 Å².